The van der Waals surface area contributed by atoms with E-state index in [9.17, 15) is 0 Å². The van der Waals surface area contributed by atoms with E-state index in [4.69, 9.17) is 5.73 Å². The minimum Gasteiger partial charge on any atom is -0.331 e. The highest BCUT2D eigenvalue weighted by atomic mass is 35.5. The molecule has 0 bridgehead atoms. The fourth-order valence-electron chi connectivity index (χ4n) is 1.58. The number of rotatable bonds is 1. The Labute approximate surface area is 101 Å². The van der Waals surface area contributed by atoms with E-state index < -0.39 is 0 Å². The monoisotopic (exact) mass is 247 g/mol. The number of hydrogen-bond acceptors (Lipinski definition) is 2. The molecule has 0 aliphatic rings. The second-order valence-corrected chi connectivity index (χ2v) is 3.32. The van der Waals surface area contributed by atoms with Crippen molar-refractivity contribution in [3.8, 4) is 0 Å². The summed E-state index contributed by atoms with van der Waals surface area (Å²) in [6.45, 7) is 2.60. The van der Waals surface area contributed by atoms with Gasteiger partial charge < -0.3 is 10.3 Å². The predicted molar refractivity (Wildman–Crippen MR) is 67.8 cm³/mol. The molecule has 0 saturated heterocycles. The molecule has 0 spiro atoms. The number of aryl methyl sites for hydroxylation is 2. The van der Waals surface area contributed by atoms with Gasteiger partial charge in [-0.2, -0.15) is 0 Å². The lowest BCUT2D eigenvalue weighted by molar-refractivity contribution is 0.839. The first-order valence-electron chi connectivity index (χ1n) is 4.33. The molecule has 0 atom stereocenters. The Kier molecular flexibility index (Phi) is 5.08. The van der Waals surface area contributed by atoms with E-state index in [1.54, 1.807) is 0 Å². The number of hydrogen-bond donors (Lipinski definition) is 1. The maximum atomic E-state index is 5.60. The van der Waals surface area contributed by atoms with Gasteiger partial charge in [-0.05, 0) is 24.6 Å². The van der Waals surface area contributed by atoms with Crippen LogP contribution in [0.15, 0.2) is 18.3 Å². The number of nitrogens with two attached hydrogens (primary N) is 1. The molecule has 2 aromatic heterocycles. The van der Waals surface area contributed by atoms with Gasteiger partial charge in [0.15, 0.2) is 0 Å². The van der Waals surface area contributed by atoms with E-state index in [2.05, 4.69) is 17.1 Å². The van der Waals surface area contributed by atoms with Gasteiger partial charge in [-0.25, -0.2) is 4.98 Å². The zero-order valence-corrected chi connectivity index (χ0v) is 10.4. The summed E-state index contributed by atoms with van der Waals surface area (Å²) in [6, 6.07) is 4.22. The third-order valence-corrected chi connectivity index (χ3v) is 2.31. The van der Waals surface area contributed by atoms with E-state index >= 15 is 0 Å². The van der Waals surface area contributed by atoms with Crippen molar-refractivity contribution in [2.45, 2.75) is 13.5 Å². The molecule has 2 heterocycles. The summed E-state index contributed by atoms with van der Waals surface area (Å²) < 4.78 is 2.04. The topological polar surface area (TPSA) is 43.8 Å². The van der Waals surface area contributed by atoms with Crippen LogP contribution in [-0.2, 0) is 13.6 Å². The average Bonchev–Trinajstić information content (AvgIpc) is 2.42. The molecular formula is C10H15Cl2N3. The fraction of sp³-hybridized carbons (Fsp3) is 0.300. The predicted octanol–water partition coefficient (Wildman–Crippen LogP) is 2.18. The molecular weight excluding hydrogens is 233 g/mol. The molecule has 0 fully saturated rings. The van der Waals surface area contributed by atoms with E-state index in [1.807, 2.05) is 24.7 Å². The van der Waals surface area contributed by atoms with Crippen LogP contribution >= 0.6 is 24.8 Å². The third-order valence-electron chi connectivity index (χ3n) is 2.31. The number of fused-ring (bicyclic) bond motifs is 1. The Morgan fingerprint density at radius 1 is 1.33 bits per heavy atom. The molecule has 0 radical (unpaired) electrons. The Bertz CT molecular complexity index is 451. The first kappa shape index (κ1) is 14.2. The molecule has 3 nitrogen and oxygen atoms in total. The largest absolute Gasteiger partial charge is 0.331 e. The third kappa shape index (κ3) is 2.43. The quantitative estimate of drug-likeness (QED) is 0.840. The van der Waals surface area contributed by atoms with Gasteiger partial charge in [0.05, 0.1) is 0 Å². The van der Waals surface area contributed by atoms with Crippen molar-refractivity contribution in [3.05, 3.63) is 29.6 Å². The Hall–Kier alpha value is -0.770. The van der Waals surface area contributed by atoms with Crippen molar-refractivity contribution in [3.63, 3.8) is 0 Å². The fourth-order valence-corrected chi connectivity index (χ4v) is 1.58. The van der Waals surface area contributed by atoms with Crippen molar-refractivity contribution < 1.29 is 0 Å². The number of pyridine rings is 1. The Balaban J connectivity index is 0.000000980. The lowest BCUT2D eigenvalue weighted by atomic mass is 10.2. The van der Waals surface area contributed by atoms with E-state index in [0.29, 0.717) is 6.54 Å². The van der Waals surface area contributed by atoms with Crippen LogP contribution in [0.1, 0.15) is 11.3 Å². The lowest BCUT2D eigenvalue weighted by Crippen LogP contribution is -2.03. The molecule has 15 heavy (non-hydrogen) atoms. The molecule has 0 aliphatic carbocycles. The highest BCUT2D eigenvalue weighted by Gasteiger charge is 2.04. The zero-order chi connectivity index (χ0) is 9.42. The highest BCUT2D eigenvalue weighted by Crippen LogP contribution is 2.16. The summed E-state index contributed by atoms with van der Waals surface area (Å²) in [4.78, 5) is 4.36. The first-order chi connectivity index (χ1) is 6.22. The molecule has 0 aromatic carbocycles. The van der Waals surface area contributed by atoms with Gasteiger partial charge in [-0.15, -0.1) is 24.8 Å². The zero-order valence-electron chi connectivity index (χ0n) is 8.73. The van der Waals surface area contributed by atoms with Gasteiger partial charge in [0.25, 0.3) is 0 Å². The van der Waals surface area contributed by atoms with E-state index in [0.717, 1.165) is 11.3 Å². The lowest BCUT2D eigenvalue weighted by Gasteiger charge is -1.99. The second kappa shape index (κ2) is 5.35. The van der Waals surface area contributed by atoms with Crippen LogP contribution in [0.5, 0.6) is 0 Å². The summed E-state index contributed by atoms with van der Waals surface area (Å²) in [5, 5.41) is 1.17. The van der Waals surface area contributed by atoms with Crippen molar-refractivity contribution in [1.82, 2.24) is 9.55 Å². The van der Waals surface area contributed by atoms with Crippen LogP contribution in [0.2, 0.25) is 0 Å². The normalized spacial score (nSPS) is 9.53. The first-order valence-corrected chi connectivity index (χ1v) is 4.33. The average molecular weight is 248 g/mol. The Morgan fingerprint density at radius 2 is 2.00 bits per heavy atom. The standard InChI is InChI=1S/C10H13N3.2ClH/c1-7-3-8-4-9(5-11)13(2)10(8)12-6-7;;/h3-4,6H,5,11H2,1-2H3;2*1H. The van der Waals surface area contributed by atoms with Gasteiger partial charge in [-0.3, -0.25) is 0 Å². The molecule has 2 rings (SSSR count). The van der Waals surface area contributed by atoms with E-state index in [-0.39, 0.29) is 24.8 Å². The van der Waals surface area contributed by atoms with Crippen LogP contribution in [-0.4, -0.2) is 9.55 Å². The number of halogens is 2. The summed E-state index contributed by atoms with van der Waals surface area (Å²) in [7, 11) is 1.99. The summed E-state index contributed by atoms with van der Waals surface area (Å²) in [5.41, 5.74) is 8.91. The van der Waals surface area contributed by atoms with Gasteiger partial charge in [0.1, 0.15) is 5.65 Å². The molecule has 0 amide bonds. The van der Waals surface area contributed by atoms with Gasteiger partial charge in [-0.1, -0.05) is 0 Å². The smallest absolute Gasteiger partial charge is 0.139 e. The van der Waals surface area contributed by atoms with Crippen LogP contribution in [0.3, 0.4) is 0 Å². The van der Waals surface area contributed by atoms with Crippen LogP contribution in [0.25, 0.3) is 11.0 Å². The number of aromatic nitrogens is 2. The van der Waals surface area contributed by atoms with Gasteiger partial charge in [0, 0.05) is 30.9 Å². The van der Waals surface area contributed by atoms with Crippen molar-refractivity contribution in [2.24, 2.45) is 12.8 Å². The minimum atomic E-state index is 0. The molecule has 0 aliphatic heterocycles. The van der Waals surface area contributed by atoms with Crippen LogP contribution in [0, 0.1) is 6.92 Å². The van der Waals surface area contributed by atoms with Crippen LogP contribution < -0.4 is 5.73 Å². The second-order valence-electron chi connectivity index (χ2n) is 3.32. The van der Waals surface area contributed by atoms with Crippen molar-refractivity contribution in [2.75, 3.05) is 0 Å². The summed E-state index contributed by atoms with van der Waals surface area (Å²) >= 11 is 0. The molecule has 0 saturated carbocycles. The molecule has 84 valence electrons. The maximum absolute atomic E-state index is 5.60. The van der Waals surface area contributed by atoms with Crippen molar-refractivity contribution in [1.29, 1.82) is 0 Å². The van der Waals surface area contributed by atoms with E-state index in [1.165, 1.54) is 10.9 Å². The van der Waals surface area contributed by atoms with Crippen LogP contribution in [0.4, 0.5) is 0 Å². The maximum Gasteiger partial charge on any atom is 0.139 e. The van der Waals surface area contributed by atoms with Gasteiger partial charge in [0.2, 0.25) is 0 Å². The van der Waals surface area contributed by atoms with Gasteiger partial charge >= 0.3 is 0 Å². The Morgan fingerprint density at radius 3 is 2.60 bits per heavy atom. The molecule has 5 heteroatoms. The summed E-state index contributed by atoms with van der Waals surface area (Å²) in [6.07, 6.45) is 1.88. The highest BCUT2D eigenvalue weighted by molar-refractivity contribution is 5.85. The molecule has 2 aromatic rings. The molecule has 0 unspecified atom stereocenters. The minimum absolute atomic E-state index is 0. The van der Waals surface area contributed by atoms with Crippen molar-refractivity contribution >= 4 is 35.8 Å². The molecule has 2 N–H and O–H groups in total. The number of nitrogens with zero attached hydrogens (tertiary/aromatic N) is 2. The summed E-state index contributed by atoms with van der Waals surface area (Å²) in [5.74, 6) is 0. The SMILES string of the molecule is Cc1cnc2c(c1)cc(CN)n2C.Cl.Cl.